The van der Waals surface area contributed by atoms with Crippen LogP contribution in [-0.2, 0) is 32.4 Å². The number of esters is 1. The van der Waals surface area contributed by atoms with Crippen molar-refractivity contribution in [2.24, 2.45) is 0 Å². The summed E-state index contributed by atoms with van der Waals surface area (Å²) in [6.07, 6.45) is 1.16. The Balaban J connectivity index is 3.22. The second-order valence-electron chi connectivity index (χ2n) is 4.27. The number of benzene rings is 1. The highest BCUT2D eigenvalue weighted by Gasteiger charge is 2.21. The predicted octanol–water partition coefficient (Wildman–Crippen LogP) is 0.845. The molecule has 1 rings (SSSR count). The molecule has 112 valence electrons. The third-order valence-corrected chi connectivity index (χ3v) is 4.46. The van der Waals surface area contributed by atoms with E-state index in [0.29, 0.717) is 24.1 Å². The fraction of sp³-hybridized carbons (Fsp3) is 0.462. The molecule has 0 aromatic heterocycles. The van der Waals surface area contributed by atoms with Crippen LogP contribution in [-0.4, -0.2) is 28.0 Å². The first-order valence-corrected chi connectivity index (χ1v) is 7.81. The van der Waals surface area contributed by atoms with Gasteiger partial charge in [-0.25, -0.2) is 8.42 Å². The van der Waals surface area contributed by atoms with Gasteiger partial charge >= 0.3 is 5.97 Å². The van der Waals surface area contributed by atoms with Crippen molar-refractivity contribution >= 4 is 21.7 Å². The van der Waals surface area contributed by atoms with Crippen molar-refractivity contribution in [2.45, 2.75) is 31.6 Å². The van der Waals surface area contributed by atoms with Crippen LogP contribution >= 0.6 is 0 Å². The third kappa shape index (κ3) is 3.71. The Bertz CT molecular complexity index is 597. The maximum Gasteiger partial charge on any atom is 0.320 e. The van der Waals surface area contributed by atoms with Crippen LogP contribution in [0.15, 0.2) is 17.0 Å². The van der Waals surface area contributed by atoms with Crippen LogP contribution in [0.25, 0.3) is 0 Å². The number of nitrogens with two attached hydrogens (primary N) is 1. The van der Waals surface area contributed by atoms with Crippen molar-refractivity contribution in [3.8, 4) is 0 Å². The maximum absolute atomic E-state index is 12.3. The number of carbonyl (C=O) groups is 1. The number of hydrogen-bond acceptors (Lipinski definition) is 5. The number of nitrogens with one attached hydrogen (secondary N) is 1. The van der Waals surface area contributed by atoms with E-state index in [1.54, 1.807) is 12.1 Å². The lowest BCUT2D eigenvalue weighted by Gasteiger charge is -2.14. The van der Waals surface area contributed by atoms with Crippen LogP contribution in [0.3, 0.4) is 0 Å². The molecule has 1 aromatic carbocycles. The van der Waals surface area contributed by atoms with E-state index in [-0.39, 0.29) is 4.90 Å². The van der Waals surface area contributed by atoms with E-state index in [4.69, 9.17) is 5.73 Å². The maximum atomic E-state index is 12.3. The number of rotatable bonds is 6. The van der Waals surface area contributed by atoms with Crippen molar-refractivity contribution < 1.29 is 17.9 Å². The molecule has 0 atom stereocenters. The lowest BCUT2D eigenvalue weighted by molar-refractivity contribution is -0.139. The zero-order valence-corrected chi connectivity index (χ0v) is 12.7. The van der Waals surface area contributed by atoms with Crippen LogP contribution in [0.1, 0.15) is 25.0 Å². The van der Waals surface area contributed by atoms with E-state index in [1.807, 2.05) is 13.8 Å². The molecule has 0 aliphatic rings. The molecule has 1 aromatic rings. The lowest BCUT2D eigenvalue weighted by atomic mass is 10.1. The second-order valence-corrected chi connectivity index (χ2v) is 6.00. The highest BCUT2D eigenvalue weighted by Crippen LogP contribution is 2.25. The minimum Gasteiger partial charge on any atom is -0.468 e. The Kier molecular flexibility index (Phi) is 5.52. The van der Waals surface area contributed by atoms with Gasteiger partial charge in [-0.3, -0.25) is 4.79 Å². The van der Waals surface area contributed by atoms with E-state index >= 15 is 0 Å². The molecule has 20 heavy (non-hydrogen) atoms. The number of carbonyl (C=O) groups excluding carboxylic acids is 1. The minimum atomic E-state index is -3.79. The Morgan fingerprint density at radius 2 is 1.95 bits per heavy atom. The predicted molar refractivity (Wildman–Crippen MR) is 76.8 cm³/mol. The zero-order valence-electron chi connectivity index (χ0n) is 11.9. The molecule has 0 radical (unpaired) electrons. The Morgan fingerprint density at radius 3 is 2.45 bits per heavy atom. The average molecular weight is 300 g/mol. The highest BCUT2D eigenvalue weighted by atomic mass is 32.2. The highest BCUT2D eigenvalue weighted by molar-refractivity contribution is 7.89. The van der Waals surface area contributed by atoms with Gasteiger partial charge in [0.05, 0.1) is 12.0 Å². The molecule has 3 N–H and O–H groups in total. The van der Waals surface area contributed by atoms with Crippen molar-refractivity contribution in [2.75, 3.05) is 19.4 Å². The summed E-state index contributed by atoms with van der Waals surface area (Å²) in [5.41, 5.74) is 7.74. The quantitative estimate of drug-likeness (QED) is 0.599. The first-order valence-electron chi connectivity index (χ1n) is 6.33. The molecular formula is C13H20N2O4S. The van der Waals surface area contributed by atoms with E-state index in [2.05, 4.69) is 9.46 Å². The summed E-state index contributed by atoms with van der Waals surface area (Å²) in [5.74, 6) is -0.647. The van der Waals surface area contributed by atoms with Crippen LogP contribution in [0.4, 0.5) is 5.69 Å². The molecule has 7 heteroatoms. The number of ether oxygens (including phenoxy) is 1. The van der Waals surface area contributed by atoms with Gasteiger partial charge in [-0.2, -0.15) is 4.72 Å². The first kappa shape index (κ1) is 16.5. The Labute approximate surface area is 119 Å². The van der Waals surface area contributed by atoms with Crippen molar-refractivity contribution in [3.05, 3.63) is 23.3 Å². The minimum absolute atomic E-state index is 0.126. The van der Waals surface area contributed by atoms with Crippen LogP contribution in [0.5, 0.6) is 0 Å². The molecule has 0 aliphatic heterocycles. The normalized spacial score (nSPS) is 11.3. The van der Waals surface area contributed by atoms with E-state index in [0.717, 1.165) is 5.56 Å². The SMILES string of the molecule is CCc1cc(N)c(CC)c(S(=O)(=O)NCC(=O)OC)c1. The molecule has 0 saturated carbocycles. The van der Waals surface area contributed by atoms with Gasteiger partial charge in [-0.1, -0.05) is 13.8 Å². The number of anilines is 1. The molecule has 0 spiro atoms. The number of aryl methyl sites for hydroxylation is 1. The van der Waals surface area contributed by atoms with Gasteiger partial charge in [0.1, 0.15) is 6.54 Å². The molecule has 6 nitrogen and oxygen atoms in total. The van der Waals surface area contributed by atoms with Crippen molar-refractivity contribution in [1.29, 1.82) is 0 Å². The lowest BCUT2D eigenvalue weighted by Crippen LogP contribution is -2.31. The topological polar surface area (TPSA) is 98.5 Å². The Hall–Kier alpha value is -1.60. The molecular weight excluding hydrogens is 280 g/mol. The largest absolute Gasteiger partial charge is 0.468 e. The summed E-state index contributed by atoms with van der Waals surface area (Å²) in [4.78, 5) is 11.2. The molecule has 0 bridgehead atoms. The fourth-order valence-electron chi connectivity index (χ4n) is 1.85. The summed E-state index contributed by atoms with van der Waals surface area (Å²) < 4.78 is 31.2. The van der Waals surface area contributed by atoms with Gasteiger partial charge in [-0.15, -0.1) is 0 Å². The standard InChI is InChI=1S/C13H20N2O4S/c1-4-9-6-11(14)10(5-2)12(7-9)20(17,18)15-8-13(16)19-3/h6-7,15H,4-5,8,14H2,1-3H3. The average Bonchev–Trinajstić information content (AvgIpc) is 2.43. The van der Waals surface area contributed by atoms with E-state index in [9.17, 15) is 13.2 Å². The Morgan fingerprint density at radius 1 is 1.30 bits per heavy atom. The van der Waals surface area contributed by atoms with Crippen molar-refractivity contribution in [1.82, 2.24) is 4.72 Å². The van der Waals surface area contributed by atoms with E-state index in [1.165, 1.54) is 7.11 Å². The summed E-state index contributed by atoms with van der Waals surface area (Å²) in [7, 11) is -2.60. The smallest absolute Gasteiger partial charge is 0.320 e. The van der Waals surface area contributed by atoms with E-state index < -0.39 is 22.5 Å². The third-order valence-electron chi connectivity index (χ3n) is 2.99. The van der Waals surface area contributed by atoms with Gasteiger partial charge in [0.2, 0.25) is 10.0 Å². The number of sulfonamides is 1. The second kappa shape index (κ2) is 6.71. The first-order chi connectivity index (χ1) is 9.35. The van der Waals surface area contributed by atoms with Crippen LogP contribution < -0.4 is 10.5 Å². The van der Waals surface area contributed by atoms with Crippen LogP contribution in [0, 0.1) is 0 Å². The molecule has 0 heterocycles. The van der Waals surface area contributed by atoms with Gasteiger partial charge in [0, 0.05) is 5.69 Å². The molecule has 0 aliphatic carbocycles. The van der Waals surface area contributed by atoms with Gasteiger partial charge in [0.25, 0.3) is 0 Å². The molecule has 0 saturated heterocycles. The fourth-order valence-corrected chi connectivity index (χ4v) is 3.21. The summed E-state index contributed by atoms with van der Waals surface area (Å²) in [6, 6.07) is 3.37. The molecule has 0 fully saturated rings. The number of nitrogen functional groups attached to an aromatic ring is 1. The van der Waals surface area contributed by atoms with Gasteiger partial charge < -0.3 is 10.5 Å². The number of hydrogen-bond donors (Lipinski definition) is 2. The van der Waals surface area contributed by atoms with Crippen LogP contribution in [0.2, 0.25) is 0 Å². The summed E-state index contributed by atoms with van der Waals surface area (Å²) >= 11 is 0. The zero-order chi connectivity index (χ0) is 15.3. The number of methoxy groups -OCH3 is 1. The molecule has 0 amide bonds. The summed E-state index contributed by atoms with van der Waals surface area (Å²) in [5, 5.41) is 0. The van der Waals surface area contributed by atoms with Gasteiger partial charge in [-0.05, 0) is 36.1 Å². The monoisotopic (exact) mass is 300 g/mol. The summed E-state index contributed by atoms with van der Waals surface area (Å²) in [6.45, 7) is 3.34. The molecule has 0 unspecified atom stereocenters. The van der Waals surface area contributed by atoms with Gasteiger partial charge in [0.15, 0.2) is 0 Å². The van der Waals surface area contributed by atoms with Crippen molar-refractivity contribution in [3.63, 3.8) is 0 Å².